The third-order valence-corrected chi connectivity index (χ3v) is 4.94. The van der Waals surface area contributed by atoms with Gasteiger partial charge in [-0.05, 0) is 51.1 Å². The molecule has 0 aliphatic carbocycles. The van der Waals surface area contributed by atoms with Crippen molar-refractivity contribution in [3.05, 3.63) is 71.8 Å². The lowest BCUT2D eigenvalue weighted by Gasteiger charge is -2.30. The molecule has 26 heavy (non-hydrogen) atoms. The first-order valence-corrected chi connectivity index (χ1v) is 8.99. The van der Waals surface area contributed by atoms with Crippen LogP contribution in [-0.2, 0) is 6.54 Å². The minimum atomic E-state index is -0.210. The van der Waals surface area contributed by atoms with Crippen LogP contribution >= 0.6 is 0 Å². The lowest BCUT2D eigenvalue weighted by Crippen LogP contribution is -2.33. The Hall–Kier alpha value is -2.60. The highest BCUT2D eigenvalue weighted by Crippen LogP contribution is 2.29. The molecule has 0 amide bonds. The zero-order valence-electron chi connectivity index (χ0n) is 14.8. The number of benzene rings is 1. The molecule has 5 nitrogen and oxygen atoms in total. The molecule has 0 atom stereocenters. The van der Waals surface area contributed by atoms with Gasteiger partial charge in [-0.15, -0.1) is 0 Å². The fourth-order valence-corrected chi connectivity index (χ4v) is 3.55. The van der Waals surface area contributed by atoms with E-state index in [-0.39, 0.29) is 11.7 Å². The molecule has 0 unspecified atom stereocenters. The summed E-state index contributed by atoms with van der Waals surface area (Å²) in [5.41, 5.74) is 3.49. The quantitative estimate of drug-likeness (QED) is 0.722. The summed E-state index contributed by atoms with van der Waals surface area (Å²) < 4.78 is 16.1. The summed E-state index contributed by atoms with van der Waals surface area (Å²) in [4.78, 5) is 10.8. The molecular weight excluding hydrogens is 329 g/mol. The molecule has 1 aromatic carbocycles. The highest BCUT2D eigenvalue weighted by Gasteiger charge is 2.26. The van der Waals surface area contributed by atoms with Gasteiger partial charge in [0.05, 0.1) is 17.6 Å². The Morgan fingerprint density at radius 1 is 1.12 bits per heavy atom. The van der Waals surface area contributed by atoms with Gasteiger partial charge in [0.2, 0.25) is 0 Å². The molecule has 0 spiro atoms. The summed E-state index contributed by atoms with van der Waals surface area (Å²) in [6.45, 7) is 4.64. The van der Waals surface area contributed by atoms with Crippen molar-refractivity contribution >= 4 is 0 Å². The smallest absolute Gasteiger partial charge is 0.165 e. The van der Waals surface area contributed by atoms with E-state index < -0.39 is 0 Å². The number of piperidine rings is 1. The van der Waals surface area contributed by atoms with Gasteiger partial charge in [0, 0.05) is 18.2 Å². The Kier molecular flexibility index (Phi) is 4.75. The van der Waals surface area contributed by atoms with Crippen LogP contribution in [0, 0.1) is 12.7 Å². The van der Waals surface area contributed by atoms with E-state index in [1.54, 1.807) is 11.0 Å². The van der Waals surface area contributed by atoms with Crippen molar-refractivity contribution in [3.8, 4) is 5.69 Å². The normalized spacial score (nSPS) is 16.1. The Balaban J connectivity index is 1.41. The van der Waals surface area contributed by atoms with Crippen LogP contribution in [0.5, 0.6) is 0 Å². The van der Waals surface area contributed by atoms with Crippen molar-refractivity contribution in [2.45, 2.75) is 32.2 Å². The van der Waals surface area contributed by atoms with Crippen molar-refractivity contribution in [2.75, 3.05) is 13.1 Å². The van der Waals surface area contributed by atoms with E-state index in [1.807, 2.05) is 43.3 Å². The number of aromatic nitrogens is 4. The number of aryl methyl sites for hydroxylation is 1. The monoisotopic (exact) mass is 351 g/mol. The number of para-hydroxylation sites is 1. The molecule has 0 saturated carbocycles. The van der Waals surface area contributed by atoms with Gasteiger partial charge in [-0.25, -0.2) is 19.0 Å². The van der Waals surface area contributed by atoms with Crippen molar-refractivity contribution < 1.29 is 4.39 Å². The first kappa shape index (κ1) is 16.8. The molecule has 1 aliphatic heterocycles. The summed E-state index contributed by atoms with van der Waals surface area (Å²) in [7, 11) is 0. The van der Waals surface area contributed by atoms with Gasteiger partial charge in [0.25, 0.3) is 0 Å². The first-order valence-electron chi connectivity index (χ1n) is 8.99. The zero-order valence-corrected chi connectivity index (χ0v) is 14.8. The van der Waals surface area contributed by atoms with E-state index in [0.29, 0.717) is 5.69 Å². The third-order valence-electron chi connectivity index (χ3n) is 4.94. The van der Waals surface area contributed by atoms with E-state index in [2.05, 4.69) is 20.0 Å². The number of halogens is 1. The van der Waals surface area contributed by atoms with Crippen LogP contribution in [0.15, 0.2) is 48.9 Å². The molecule has 134 valence electrons. The fraction of sp³-hybridized carbons (Fsp3) is 0.350. The lowest BCUT2D eigenvalue weighted by atomic mass is 9.93. The van der Waals surface area contributed by atoms with Gasteiger partial charge < -0.3 is 0 Å². The van der Waals surface area contributed by atoms with Crippen molar-refractivity contribution in [1.82, 2.24) is 24.6 Å². The van der Waals surface area contributed by atoms with E-state index >= 15 is 0 Å². The van der Waals surface area contributed by atoms with Gasteiger partial charge in [-0.2, -0.15) is 5.10 Å². The Labute approximate surface area is 152 Å². The van der Waals surface area contributed by atoms with Crippen LogP contribution in [0.4, 0.5) is 4.39 Å². The SMILES string of the molecule is Cc1cc(CN2CCC(c3nn(-c4ccccc4)cc3F)CC2)ncn1. The lowest BCUT2D eigenvalue weighted by molar-refractivity contribution is 0.199. The molecule has 6 heteroatoms. The molecule has 3 heterocycles. The third kappa shape index (κ3) is 3.65. The molecule has 2 aromatic heterocycles. The van der Waals surface area contributed by atoms with Crippen LogP contribution in [0.3, 0.4) is 0 Å². The van der Waals surface area contributed by atoms with Crippen LogP contribution in [-0.4, -0.2) is 37.7 Å². The number of rotatable bonds is 4. The van der Waals surface area contributed by atoms with E-state index in [4.69, 9.17) is 0 Å². The summed E-state index contributed by atoms with van der Waals surface area (Å²) in [6.07, 6.45) is 4.92. The standard InChI is InChI=1S/C20H22FN5/c1-15-11-17(23-14-22-15)12-25-9-7-16(8-10-25)20-19(21)13-26(24-20)18-5-3-2-4-6-18/h2-6,11,13-14,16H,7-10,12H2,1H3. The average molecular weight is 351 g/mol. The topological polar surface area (TPSA) is 46.8 Å². The van der Waals surface area contributed by atoms with Crippen LogP contribution in [0.2, 0.25) is 0 Å². The van der Waals surface area contributed by atoms with Gasteiger partial charge in [-0.1, -0.05) is 18.2 Å². The fourth-order valence-electron chi connectivity index (χ4n) is 3.55. The van der Waals surface area contributed by atoms with E-state index in [1.165, 1.54) is 6.20 Å². The van der Waals surface area contributed by atoms with Crippen LogP contribution < -0.4 is 0 Å². The molecule has 1 aliphatic rings. The second-order valence-electron chi connectivity index (χ2n) is 6.84. The zero-order chi connectivity index (χ0) is 17.9. The van der Waals surface area contributed by atoms with Crippen molar-refractivity contribution in [1.29, 1.82) is 0 Å². The number of likely N-dealkylation sites (tertiary alicyclic amines) is 1. The predicted octanol–water partition coefficient (Wildman–Crippen LogP) is 3.49. The maximum atomic E-state index is 14.5. The van der Waals surface area contributed by atoms with Gasteiger partial charge in [0.15, 0.2) is 5.82 Å². The molecular formula is C20H22FN5. The van der Waals surface area contributed by atoms with Crippen molar-refractivity contribution in [2.24, 2.45) is 0 Å². The maximum Gasteiger partial charge on any atom is 0.165 e. The summed E-state index contributed by atoms with van der Waals surface area (Å²) in [5.74, 6) is -0.0397. The summed E-state index contributed by atoms with van der Waals surface area (Å²) in [6, 6.07) is 11.7. The summed E-state index contributed by atoms with van der Waals surface area (Å²) >= 11 is 0. The number of nitrogens with zero attached hydrogens (tertiary/aromatic N) is 5. The van der Waals surface area contributed by atoms with Crippen LogP contribution in [0.25, 0.3) is 5.69 Å². The molecule has 0 bridgehead atoms. The maximum absolute atomic E-state index is 14.5. The van der Waals surface area contributed by atoms with Gasteiger partial charge in [0.1, 0.15) is 12.0 Å². The van der Waals surface area contributed by atoms with E-state index in [9.17, 15) is 4.39 Å². The minimum absolute atomic E-state index is 0.170. The van der Waals surface area contributed by atoms with E-state index in [0.717, 1.165) is 49.6 Å². The molecule has 0 radical (unpaired) electrons. The highest BCUT2D eigenvalue weighted by atomic mass is 19.1. The second-order valence-corrected chi connectivity index (χ2v) is 6.84. The highest BCUT2D eigenvalue weighted by molar-refractivity contribution is 5.31. The molecule has 3 aromatic rings. The van der Waals surface area contributed by atoms with Crippen LogP contribution in [0.1, 0.15) is 35.8 Å². The molecule has 4 rings (SSSR count). The Bertz CT molecular complexity index is 869. The average Bonchev–Trinajstić information content (AvgIpc) is 3.05. The molecule has 0 N–H and O–H groups in total. The second kappa shape index (κ2) is 7.33. The largest absolute Gasteiger partial charge is 0.297 e. The first-order chi connectivity index (χ1) is 12.7. The Morgan fingerprint density at radius 2 is 1.88 bits per heavy atom. The van der Waals surface area contributed by atoms with Gasteiger partial charge in [-0.3, -0.25) is 4.90 Å². The minimum Gasteiger partial charge on any atom is -0.297 e. The molecule has 1 fully saturated rings. The summed E-state index contributed by atoms with van der Waals surface area (Å²) in [5, 5.41) is 4.53. The van der Waals surface area contributed by atoms with Gasteiger partial charge >= 0.3 is 0 Å². The number of hydrogen-bond acceptors (Lipinski definition) is 4. The van der Waals surface area contributed by atoms with Crippen molar-refractivity contribution in [3.63, 3.8) is 0 Å². The molecule has 1 saturated heterocycles. The Morgan fingerprint density at radius 3 is 2.62 bits per heavy atom. The number of hydrogen-bond donors (Lipinski definition) is 0. The predicted molar refractivity (Wildman–Crippen MR) is 97.5 cm³/mol.